The molecule has 5 rings (SSSR count). The van der Waals surface area contributed by atoms with Gasteiger partial charge in [0.2, 0.25) is 5.91 Å². The number of esters is 1. The second-order valence-corrected chi connectivity index (χ2v) is 9.04. The van der Waals surface area contributed by atoms with E-state index >= 15 is 0 Å². The van der Waals surface area contributed by atoms with Crippen LogP contribution in [0.2, 0.25) is 0 Å². The summed E-state index contributed by atoms with van der Waals surface area (Å²) in [6, 6.07) is 16.0. The van der Waals surface area contributed by atoms with E-state index in [1.807, 2.05) is 36.4 Å². The molecule has 0 bridgehead atoms. The molecule has 184 valence electrons. The van der Waals surface area contributed by atoms with Gasteiger partial charge in [-0.05, 0) is 36.1 Å². The van der Waals surface area contributed by atoms with Crippen molar-refractivity contribution in [3.05, 3.63) is 65.4 Å². The fourth-order valence-corrected chi connectivity index (χ4v) is 5.16. The molecule has 2 aromatic carbocycles. The number of aromatic nitrogens is 1. The van der Waals surface area contributed by atoms with Gasteiger partial charge in [0, 0.05) is 37.3 Å². The van der Waals surface area contributed by atoms with Gasteiger partial charge < -0.3 is 24.5 Å². The van der Waals surface area contributed by atoms with E-state index in [2.05, 4.69) is 21.6 Å². The fourth-order valence-electron chi connectivity index (χ4n) is 5.16. The van der Waals surface area contributed by atoms with Crippen molar-refractivity contribution in [2.75, 3.05) is 46.1 Å². The van der Waals surface area contributed by atoms with E-state index in [1.54, 1.807) is 0 Å². The third kappa shape index (κ3) is 5.04. The number of amides is 1. The first-order valence-electron chi connectivity index (χ1n) is 12.2. The zero-order chi connectivity index (χ0) is 24.2. The first kappa shape index (κ1) is 23.4. The Bertz CT molecular complexity index is 1200. The molecule has 0 spiro atoms. The van der Waals surface area contributed by atoms with E-state index < -0.39 is 5.97 Å². The lowest BCUT2D eigenvalue weighted by atomic mass is 9.99. The second-order valence-electron chi connectivity index (χ2n) is 9.04. The number of morpholine rings is 1. The summed E-state index contributed by atoms with van der Waals surface area (Å²) in [4.78, 5) is 26.9. The number of hydrogen-bond donors (Lipinski definition) is 1. The third-order valence-corrected chi connectivity index (χ3v) is 6.87. The van der Waals surface area contributed by atoms with Crippen LogP contribution in [-0.4, -0.2) is 67.4 Å². The van der Waals surface area contributed by atoms with E-state index in [-0.39, 0.29) is 18.4 Å². The monoisotopic (exact) mass is 477 g/mol. The molecule has 2 heterocycles. The quantitative estimate of drug-likeness (QED) is 0.476. The number of carbonyl (C=O) groups is 2. The Morgan fingerprint density at radius 2 is 1.86 bits per heavy atom. The molecule has 3 aromatic rings. The fraction of sp³-hybridized carbons (Fsp3) is 0.407. The Hall–Kier alpha value is -3.36. The molecule has 2 aliphatic rings. The molecule has 35 heavy (non-hydrogen) atoms. The van der Waals surface area contributed by atoms with Crippen LogP contribution in [0.1, 0.15) is 29.2 Å². The zero-order valence-electron chi connectivity index (χ0n) is 19.8. The lowest BCUT2D eigenvalue weighted by molar-refractivity contribution is -0.146. The third-order valence-electron chi connectivity index (χ3n) is 6.87. The Labute approximate surface area is 204 Å². The van der Waals surface area contributed by atoms with Crippen molar-refractivity contribution < 1.29 is 23.8 Å². The lowest BCUT2D eigenvalue weighted by Crippen LogP contribution is -2.38. The van der Waals surface area contributed by atoms with Crippen LogP contribution in [0.3, 0.4) is 0 Å². The summed E-state index contributed by atoms with van der Waals surface area (Å²) in [6.45, 7) is 4.61. The van der Waals surface area contributed by atoms with Crippen LogP contribution in [0.4, 0.5) is 0 Å². The minimum absolute atomic E-state index is 0.192. The van der Waals surface area contributed by atoms with Gasteiger partial charge in [0.25, 0.3) is 0 Å². The molecule has 1 aliphatic heterocycles. The van der Waals surface area contributed by atoms with Gasteiger partial charge in [-0.25, -0.2) is 4.79 Å². The first-order chi connectivity index (χ1) is 17.1. The summed E-state index contributed by atoms with van der Waals surface area (Å²) in [5.41, 5.74) is 9.96. The van der Waals surface area contributed by atoms with Gasteiger partial charge in [-0.3, -0.25) is 9.69 Å². The molecular formula is C27H31N3O5. The van der Waals surface area contributed by atoms with E-state index in [4.69, 9.17) is 19.9 Å². The highest BCUT2D eigenvalue weighted by atomic mass is 16.6. The molecule has 8 heteroatoms. The maximum Gasteiger partial charge on any atom is 0.344 e. The van der Waals surface area contributed by atoms with Crippen LogP contribution in [-0.2, 0) is 32.0 Å². The number of nitrogens with zero attached hydrogens (tertiary/aromatic N) is 2. The first-order valence-corrected chi connectivity index (χ1v) is 12.2. The highest BCUT2D eigenvalue weighted by molar-refractivity contribution is 5.97. The molecule has 1 aromatic heterocycles. The molecule has 1 aliphatic carbocycles. The van der Waals surface area contributed by atoms with Crippen LogP contribution in [0.25, 0.3) is 10.9 Å². The smallest absolute Gasteiger partial charge is 0.344 e. The molecule has 2 N–H and O–H groups in total. The number of hydrogen-bond acceptors (Lipinski definition) is 6. The normalized spacial score (nSPS) is 17.9. The van der Waals surface area contributed by atoms with Crippen LogP contribution in [0, 0.1) is 0 Å². The van der Waals surface area contributed by atoms with Gasteiger partial charge in [0.1, 0.15) is 12.4 Å². The number of fused-ring (bicyclic) bond motifs is 3. The Morgan fingerprint density at radius 3 is 2.63 bits per heavy atom. The minimum atomic E-state index is -0.415. The molecular weight excluding hydrogens is 446 g/mol. The van der Waals surface area contributed by atoms with Gasteiger partial charge >= 0.3 is 5.97 Å². The van der Waals surface area contributed by atoms with Crippen molar-refractivity contribution in [3.8, 4) is 5.75 Å². The summed E-state index contributed by atoms with van der Waals surface area (Å²) >= 11 is 0. The highest BCUT2D eigenvalue weighted by Gasteiger charge is 2.34. The summed E-state index contributed by atoms with van der Waals surface area (Å²) in [6.07, 6.45) is 1.45. The maximum absolute atomic E-state index is 12.4. The summed E-state index contributed by atoms with van der Waals surface area (Å²) in [5.74, 6) is -0.541. The Balaban J connectivity index is 1.35. The average molecular weight is 478 g/mol. The summed E-state index contributed by atoms with van der Waals surface area (Å²) in [5, 5.41) is 0.862. The van der Waals surface area contributed by atoms with Gasteiger partial charge in [0.15, 0.2) is 6.61 Å². The number of ether oxygens (including phenoxy) is 3. The highest BCUT2D eigenvalue weighted by Crippen LogP contribution is 2.44. The summed E-state index contributed by atoms with van der Waals surface area (Å²) < 4.78 is 18.9. The molecule has 1 saturated heterocycles. The van der Waals surface area contributed by atoms with Crippen LogP contribution >= 0.6 is 0 Å². The van der Waals surface area contributed by atoms with Gasteiger partial charge in [-0.15, -0.1) is 0 Å². The number of primary amides is 1. The van der Waals surface area contributed by atoms with Crippen molar-refractivity contribution in [1.82, 2.24) is 9.47 Å². The van der Waals surface area contributed by atoms with Crippen molar-refractivity contribution in [3.63, 3.8) is 0 Å². The van der Waals surface area contributed by atoms with Crippen LogP contribution in [0.15, 0.2) is 48.5 Å². The molecule has 0 saturated carbocycles. The summed E-state index contributed by atoms with van der Waals surface area (Å²) in [7, 11) is 0. The molecule has 1 fully saturated rings. The predicted molar refractivity (Wildman–Crippen MR) is 131 cm³/mol. The number of rotatable bonds is 9. The standard InChI is InChI=1S/C27H31N3O5/c28-27(32)20-9-10-22-25(20)26-21(30(22)17-19-5-2-1-3-6-19)7-4-8-23(26)35-18-24(31)34-16-13-29-11-14-33-15-12-29/h1-8,20H,9-18H2,(H2,28,32). The largest absolute Gasteiger partial charge is 0.481 e. The van der Waals surface area contributed by atoms with Crippen LogP contribution in [0.5, 0.6) is 5.75 Å². The van der Waals surface area contributed by atoms with E-state index in [9.17, 15) is 9.59 Å². The van der Waals surface area contributed by atoms with Crippen molar-refractivity contribution >= 4 is 22.8 Å². The molecule has 1 amide bonds. The molecule has 1 atom stereocenters. The predicted octanol–water partition coefficient (Wildman–Crippen LogP) is 2.46. The molecule has 8 nitrogen and oxygen atoms in total. The van der Waals surface area contributed by atoms with Gasteiger partial charge in [-0.1, -0.05) is 36.4 Å². The van der Waals surface area contributed by atoms with Crippen molar-refractivity contribution in [2.45, 2.75) is 25.3 Å². The van der Waals surface area contributed by atoms with Gasteiger partial charge in [-0.2, -0.15) is 0 Å². The number of benzene rings is 2. The lowest BCUT2D eigenvalue weighted by Gasteiger charge is -2.26. The number of nitrogens with two attached hydrogens (primary N) is 1. The SMILES string of the molecule is NC(=O)C1CCc2c1c1c(OCC(=O)OCCN3CCOCC3)cccc1n2Cc1ccccc1. The van der Waals surface area contributed by atoms with Crippen molar-refractivity contribution in [2.24, 2.45) is 5.73 Å². The molecule has 0 radical (unpaired) electrons. The number of carbonyl (C=O) groups excluding carboxylic acids is 2. The minimum Gasteiger partial charge on any atom is -0.481 e. The van der Waals surface area contributed by atoms with Crippen LogP contribution < -0.4 is 10.5 Å². The second kappa shape index (κ2) is 10.5. The van der Waals surface area contributed by atoms with Gasteiger partial charge in [0.05, 0.1) is 24.6 Å². The molecule has 1 unspecified atom stereocenters. The van der Waals surface area contributed by atoms with E-state index in [0.717, 1.165) is 41.7 Å². The maximum atomic E-state index is 12.4. The Morgan fingerprint density at radius 1 is 1.06 bits per heavy atom. The zero-order valence-corrected chi connectivity index (χ0v) is 19.8. The van der Waals surface area contributed by atoms with E-state index in [1.165, 1.54) is 5.56 Å². The average Bonchev–Trinajstić information content (AvgIpc) is 3.44. The topological polar surface area (TPSA) is 96.0 Å². The van der Waals surface area contributed by atoms with Crippen molar-refractivity contribution in [1.29, 1.82) is 0 Å². The Kier molecular flexibility index (Phi) is 7.01. The van der Waals surface area contributed by atoms with E-state index in [0.29, 0.717) is 45.1 Å².